The van der Waals surface area contributed by atoms with Crippen LogP contribution in [0.3, 0.4) is 0 Å². The van der Waals surface area contributed by atoms with E-state index in [0.717, 1.165) is 58.4 Å². The number of piperazine rings is 1. The molecule has 0 saturated carbocycles. The van der Waals surface area contributed by atoms with Crippen molar-refractivity contribution in [1.82, 2.24) is 23.6 Å². The van der Waals surface area contributed by atoms with Crippen LogP contribution in [0.5, 0.6) is 0 Å². The molecule has 35 heavy (non-hydrogen) atoms. The molecule has 1 saturated heterocycles. The molecule has 0 amide bonds. The van der Waals surface area contributed by atoms with Crippen LogP contribution in [0.1, 0.15) is 17.0 Å². The van der Waals surface area contributed by atoms with Crippen molar-refractivity contribution in [3.63, 3.8) is 0 Å². The van der Waals surface area contributed by atoms with Gasteiger partial charge in [-0.15, -0.1) is 0 Å². The van der Waals surface area contributed by atoms with Gasteiger partial charge < -0.3 is 9.47 Å². The molecule has 9 heteroatoms. The maximum absolute atomic E-state index is 13.2. The fourth-order valence-electron chi connectivity index (χ4n) is 4.78. The van der Waals surface area contributed by atoms with E-state index in [0.29, 0.717) is 24.3 Å². The second-order valence-electron chi connectivity index (χ2n) is 9.16. The lowest BCUT2D eigenvalue weighted by Gasteiger charge is -2.36. The van der Waals surface area contributed by atoms with E-state index in [1.165, 1.54) is 11.6 Å². The summed E-state index contributed by atoms with van der Waals surface area (Å²) < 4.78 is 4.61. The highest BCUT2D eigenvalue weighted by atomic mass is 35.5. The van der Waals surface area contributed by atoms with Gasteiger partial charge in [0.15, 0.2) is 11.2 Å². The van der Waals surface area contributed by atoms with Gasteiger partial charge in [0.25, 0.3) is 5.56 Å². The number of aromatic nitrogens is 4. The van der Waals surface area contributed by atoms with Crippen LogP contribution in [0.2, 0.25) is 5.02 Å². The quantitative estimate of drug-likeness (QED) is 0.428. The lowest BCUT2D eigenvalue weighted by Crippen LogP contribution is -2.46. The second kappa shape index (κ2) is 9.36. The van der Waals surface area contributed by atoms with Gasteiger partial charge in [-0.05, 0) is 36.2 Å². The number of anilines is 1. The van der Waals surface area contributed by atoms with Gasteiger partial charge in [-0.2, -0.15) is 0 Å². The van der Waals surface area contributed by atoms with Crippen LogP contribution >= 0.6 is 11.6 Å². The summed E-state index contributed by atoms with van der Waals surface area (Å²) in [6.45, 7) is 6.65. The average Bonchev–Trinajstić information content (AvgIpc) is 3.21. The third-order valence-corrected chi connectivity index (χ3v) is 7.16. The number of aryl methyl sites for hydroxylation is 2. The van der Waals surface area contributed by atoms with Gasteiger partial charge in [-0.3, -0.25) is 18.8 Å². The molecule has 0 aliphatic carbocycles. The summed E-state index contributed by atoms with van der Waals surface area (Å²) in [4.78, 5) is 35.3. The monoisotopic (exact) mass is 492 g/mol. The molecule has 8 nitrogen and oxygen atoms in total. The van der Waals surface area contributed by atoms with E-state index < -0.39 is 0 Å². The molecule has 0 N–H and O–H groups in total. The predicted molar refractivity (Wildman–Crippen MR) is 139 cm³/mol. The summed E-state index contributed by atoms with van der Waals surface area (Å²) in [7, 11) is 3.19. The zero-order chi connectivity index (χ0) is 24.7. The van der Waals surface area contributed by atoms with E-state index >= 15 is 0 Å². The smallest absolute Gasteiger partial charge is 0.332 e. The van der Waals surface area contributed by atoms with Gasteiger partial charge in [-0.25, -0.2) is 9.78 Å². The fourth-order valence-corrected chi connectivity index (χ4v) is 4.96. The van der Waals surface area contributed by atoms with Crippen molar-refractivity contribution in [2.75, 3.05) is 31.1 Å². The van der Waals surface area contributed by atoms with Gasteiger partial charge in [0, 0.05) is 57.5 Å². The summed E-state index contributed by atoms with van der Waals surface area (Å²) in [5.74, 6) is 0.790. The van der Waals surface area contributed by atoms with Crippen molar-refractivity contribution in [2.45, 2.75) is 20.0 Å². The highest BCUT2D eigenvalue weighted by Gasteiger charge is 2.23. The van der Waals surface area contributed by atoms with E-state index in [9.17, 15) is 9.59 Å². The van der Waals surface area contributed by atoms with Gasteiger partial charge in [0.2, 0.25) is 0 Å². The lowest BCUT2D eigenvalue weighted by molar-refractivity contribution is 0.241. The highest BCUT2D eigenvalue weighted by molar-refractivity contribution is 6.30. The topological polar surface area (TPSA) is 68.3 Å². The maximum atomic E-state index is 13.2. The van der Waals surface area contributed by atoms with E-state index in [1.807, 2.05) is 34.9 Å². The van der Waals surface area contributed by atoms with Gasteiger partial charge >= 0.3 is 5.69 Å². The number of benzene rings is 2. The summed E-state index contributed by atoms with van der Waals surface area (Å²) >= 11 is 6.18. The van der Waals surface area contributed by atoms with Crippen LogP contribution in [0.15, 0.2) is 58.1 Å². The van der Waals surface area contributed by atoms with Crippen molar-refractivity contribution >= 4 is 28.5 Å². The number of rotatable bonds is 5. The van der Waals surface area contributed by atoms with E-state index in [1.54, 1.807) is 7.05 Å². The summed E-state index contributed by atoms with van der Waals surface area (Å²) in [6, 6.07) is 16.1. The van der Waals surface area contributed by atoms with Gasteiger partial charge in [-0.1, -0.05) is 41.9 Å². The molecule has 0 atom stereocenters. The Balaban J connectivity index is 1.48. The third kappa shape index (κ3) is 4.39. The Morgan fingerprint density at radius 2 is 1.66 bits per heavy atom. The molecule has 2 aromatic heterocycles. The molecule has 1 aliphatic rings. The number of halogens is 1. The summed E-state index contributed by atoms with van der Waals surface area (Å²) in [5.41, 5.74) is 3.60. The molecular weight excluding hydrogens is 464 g/mol. The van der Waals surface area contributed by atoms with Crippen molar-refractivity contribution in [1.29, 1.82) is 0 Å². The predicted octanol–water partition coefficient (Wildman–Crippen LogP) is 2.77. The first-order chi connectivity index (χ1) is 16.8. The fraction of sp³-hybridized carbons (Fsp3) is 0.346. The Bertz CT molecular complexity index is 1510. The normalized spacial score (nSPS) is 14.7. The van der Waals surface area contributed by atoms with E-state index in [-0.39, 0.29) is 11.2 Å². The van der Waals surface area contributed by atoms with Crippen LogP contribution in [0.4, 0.5) is 5.69 Å². The Morgan fingerprint density at radius 3 is 2.37 bits per heavy atom. The van der Waals surface area contributed by atoms with Crippen LogP contribution in [0, 0.1) is 6.92 Å². The SMILES string of the molecule is Cc1ccccc1Cn1c(CN2CCN(c3cccc(Cl)c3)CC2)nc2c1c(=O)n(C)c(=O)n2C. The van der Waals surface area contributed by atoms with Crippen molar-refractivity contribution < 1.29 is 0 Å². The van der Waals surface area contributed by atoms with Gasteiger partial charge in [0.1, 0.15) is 5.82 Å². The second-order valence-corrected chi connectivity index (χ2v) is 9.60. The minimum absolute atomic E-state index is 0.318. The highest BCUT2D eigenvalue weighted by Crippen LogP contribution is 2.22. The zero-order valence-corrected chi connectivity index (χ0v) is 21.0. The first-order valence-electron chi connectivity index (χ1n) is 11.8. The molecule has 182 valence electrons. The number of fused-ring (bicyclic) bond motifs is 1. The van der Waals surface area contributed by atoms with Gasteiger partial charge in [0.05, 0.1) is 6.54 Å². The number of imidazole rings is 1. The zero-order valence-electron chi connectivity index (χ0n) is 20.2. The largest absolute Gasteiger partial charge is 0.369 e. The van der Waals surface area contributed by atoms with E-state index in [2.05, 4.69) is 34.9 Å². The van der Waals surface area contributed by atoms with Crippen LogP contribution in [-0.2, 0) is 27.2 Å². The lowest BCUT2D eigenvalue weighted by atomic mass is 10.1. The number of nitrogens with zero attached hydrogens (tertiary/aromatic N) is 6. The molecule has 4 aromatic rings. The van der Waals surface area contributed by atoms with Crippen LogP contribution in [-0.4, -0.2) is 49.8 Å². The molecule has 0 spiro atoms. The van der Waals surface area contributed by atoms with Crippen molar-refractivity contribution in [3.8, 4) is 0 Å². The van der Waals surface area contributed by atoms with E-state index in [4.69, 9.17) is 16.6 Å². The third-order valence-electron chi connectivity index (χ3n) is 6.93. The summed E-state index contributed by atoms with van der Waals surface area (Å²) in [6.07, 6.45) is 0. The molecular formula is C26H29ClN6O2. The number of hydrogen-bond donors (Lipinski definition) is 0. The van der Waals surface area contributed by atoms with Crippen molar-refractivity contribution in [3.05, 3.63) is 91.3 Å². The Kier molecular flexibility index (Phi) is 6.25. The molecule has 5 rings (SSSR count). The summed E-state index contributed by atoms with van der Waals surface area (Å²) in [5, 5.41) is 0.738. The van der Waals surface area contributed by atoms with Crippen molar-refractivity contribution in [2.24, 2.45) is 14.1 Å². The maximum Gasteiger partial charge on any atom is 0.332 e. The standard InChI is InChI=1S/C26H29ClN6O2/c1-18-7-4-5-8-19(18)16-33-22(28-24-23(33)25(34)30(3)26(35)29(24)2)17-31-11-13-32(14-12-31)21-10-6-9-20(27)15-21/h4-10,15H,11-14,16-17H2,1-3H3. The molecule has 0 radical (unpaired) electrons. The Labute approximate surface area is 208 Å². The number of hydrogen-bond acceptors (Lipinski definition) is 5. The molecule has 1 aliphatic heterocycles. The first kappa shape index (κ1) is 23.4. The molecule has 1 fully saturated rings. The minimum atomic E-state index is -0.371. The molecule has 3 heterocycles. The average molecular weight is 493 g/mol. The Hall–Kier alpha value is -3.36. The van der Waals surface area contributed by atoms with Crippen LogP contribution < -0.4 is 16.1 Å². The molecule has 2 aromatic carbocycles. The first-order valence-corrected chi connectivity index (χ1v) is 12.1. The molecule has 0 unspecified atom stereocenters. The Morgan fingerprint density at radius 1 is 0.914 bits per heavy atom. The minimum Gasteiger partial charge on any atom is -0.369 e. The van der Waals surface area contributed by atoms with Crippen LogP contribution in [0.25, 0.3) is 11.2 Å². The molecule has 0 bridgehead atoms.